The first-order valence-electron chi connectivity index (χ1n) is 10.2. The molecule has 2 aromatic carbocycles. The molecule has 0 spiro atoms. The molecule has 1 aliphatic rings. The van der Waals surface area contributed by atoms with Crippen molar-refractivity contribution in [3.8, 4) is 17.2 Å². The second-order valence-electron chi connectivity index (χ2n) is 7.25. The summed E-state index contributed by atoms with van der Waals surface area (Å²) in [4.78, 5) is 38.8. The number of nitrogens with one attached hydrogen (secondary N) is 1. The van der Waals surface area contributed by atoms with Gasteiger partial charge in [-0.1, -0.05) is 24.3 Å². The van der Waals surface area contributed by atoms with Crippen molar-refractivity contribution in [2.24, 2.45) is 0 Å². The maximum atomic E-state index is 12.8. The molecule has 0 atom stereocenters. The van der Waals surface area contributed by atoms with Crippen molar-refractivity contribution in [1.29, 1.82) is 0 Å². The van der Waals surface area contributed by atoms with E-state index in [2.05, 4.69) is 5.32 Å². The number of carbonyl (C=O) groups is 3. The average molecular weight is 471 g/mol. The molecule has 0 aliphatic carbocycles. The smallest absolute Gasteiger partial charge is 0.293 e. The Hall–Kier alpha value is -3.46. The highest BCUT2D eigenvalue weighted by molar-refractivity contribution is 8.18. The summed E-state index contributed by atoms with van der Waals surface area (Å²) in [6, 6.07) is 11.0. The van der Waals surface area contributed by atoms with Crippen LogP contribution in [0.15, 0.2) is 41.3 Å². The monoisotopic (exact) mass is 470 g/mol. The number of benzene rings is 2. The average Bonchev–Trinajstić information content (AvgIpc) is 3.07. The summed E-state index contributed by atoms with van der Waals surface area (Å²) >= 11 is 0.850. The second kappa shape index (κ2) is 10.9. The maximum Gasteiger partial charge on any atom is 0.293 e. The predicted molar refractivity (Wildman–Crippen MR) is 127 cm³/mol. The number of ether oxygens (including phenoxy) is 3. The Bertz CT molecular complexity index is 1070. The second-order valence-corrected chi connectivity index (χ2v) is 8.24. The van der Waals surface area contributed by atoms with E-state index >= 15 is 0 Å². The van der Waals surface area contributed by atoms with Crippen molar-refractivity contribution >= 4 is 34.9 Å². The Kier molecular flexibility index (Phi) is 8.00. The molecule has 1 aliphatic heterocycles. The summed E-state index contributed by atoms with van der Waals surface area (Å²) < 4.78 is 16.0. The molecule has 3 rings (SSSR count). The van der Waals surface area contributed by atoms with Gasteiger partial charge in [0.2, 0.25) is 11.7 Å². The van der Waals surface area contributed by atoms with Crippen LogP contribution in [0.4, 0.5) is 4.79 Å². The summed E-state index contributed by atoms with van der Waals surface area (Å²) in [5.74, 6) is 0.750. The van der Waals surface area contributed by atoms with Crippen LogP contribution in [-0.4, -0.2) is 56.4 Å². The summed E-state index contributed by atoms with van der Waals surface area (Å²) in [7, 11) is 4.51. The third kappa shape index (κ3) is 5.67. The number of imide groups is 1. The zero-order valence-corrected chi connectivity index (χ0v) is 19.8. The fourth-order valence-corrected chi connectivity index (χ4v) is 4.24. The van der Waals surface area contributed by atoms with Gasteiger partial charge in [-0.05, 0) is 53.6 Å². The number of rotatable bonds is 9. The zero-order chi connectivity index (χ0) is 24.0. The van der Waals surface area contributed by atoms with Gasteiger partial charge in [-0.25, -0.2) is 0 Å². The molecule has 0 unspecified atom stereocenters. The van der Waals surface area contributed by atoms with E-state index in [1.165, 1.54) is 21.3 Å². The topological polar surface area (TPSA) is 94.2 Å². The molecular formula is C24H26N2O6S. The van der Waals surface area contributed by atoms with Crippen molar-refractivity contribution in [2.45, 2.75) is 13.3 Å². The van der Waals surface area contributed by atoms with E-state index in [4.69, 9.17) is 14.2 Å². The van der Waals surface area contributed by atoms with Crippen LogP contribution in [0.1, 0.15) is 16.7 Å². The summed E-state index contributed by atoms with van der Waals surface area (Å²) in [5.41, 5.74) is 2.60. The number of thioether (sulfide) groups is 1. The Balaban J connectivity index is 1.64. The lowest BCUT2D eigenvalue weighted by molar-refractivity contribution is -0.124. The number of hydrogen-bond acceptors (Lipinski definition) is 7. The van der Waals surface area contributed by atoms with E-state index in [9.17, 15) is 14.4 Å². The van der Waals surface area contributed by atoms with Gasteiger partial charge in [0.05, 0.1) is 32.7 Å². The molecule has 8 nitrogen and oxygen atoms in total. The maximum absolute atomic E-state index is 12.8. The Labute approximate surface area is 196 Å². The number of hydrogen-bond donors (Lipinski definition) is 1. The molecule has 2 aromatic rings. The largest absolute Gasteiger partial charge is 0.493 e. The van der Waals surface area contributed by atoms with E-state index < -0.39 is 5.91 Å². The predicted octanol–water partition coefficient (Wildman–Crippen LogP) is 3.42. The molecule has 0 bridgehead atoms. The van der Waals surface area contributed by atoms with E-state index in [0.29, 0.717) is 22.8 Å². The van der Waals surface area contributed by atoms with Gasteiger partial charge >= 0.3 is 0 Å². The van der Waals surface area contributed by atoms with Crippen molar-refractivity contribution in [3.05, 3.63) is 58.0 Å². The van der Waals surface area contributed by atoms with Gasteiger partial charge in [-0.3, -0.25) is 19.3 Å². The first-order valence-corrected chi connectivity index (χ1v) is 11.1. The Morgan fingerprint density at radius 3 is 2.33 bits per heavy atom. The number of carbonyl (C=O) groups excluding carboxylic acids is 3. The highest BCUT2D eigenvalue weighted by Crippen LogP contribution is 2.40. The van der Waals surface area contributed by atoms with Crippen molar-refractivity contribution in [1.82, 2.24) is 10.2 Å². The minimum Gasteiger partial charge on any atom is -0.493 e. The lowest BCUT2D eigenvalue weighted by Crippen LogP contribution is -2.37. The number of nitrogens with zero attached hydrogens (tertiary/aromatic N) is 1. The molecule has 174 valence electrons. The molecule has 1 N–H and O–H groups in total. The van der Waals surface area contributed by atoms with Gasteiger partial charge in [0.15, 0.2) is 11.5 Å². The van der Waals surface area contributed by atoms with Crippen LogP contribution in [0.3, 0.4) is 0 Å². The highest BCUT2D eigenvalue weighted by Gasteiger charge is 2.34. The molecule has 0 saturated carbocycles. The minimum atomic E-state index is -0.410. The van der Waals surface area contributed by atoms with Crippen LogP contribution in [0.25, 0.3) is 6.08 Å². The van der Waals surface area contributed by atoms with Crippen LogP contribution in [0, 0.1) is 6.92 Å². The molecular weight excluding hydrogens is 444 g/mol. The van der Waals surface area contributed by atoms with Crippen molar-refractivity contribution < 1.29 is 28.6 Å². The van der Waals surface area contributed by atoms with Crippen LogP contribution in [0.5, 0.6) is 17.2 Å². The zero-order valence-electron chi connectivity index (χ0n) is 19.0. The number of amides is 3. The van der Waals surface area contributed by atoms with Gasteiger partial charge in [0.1, 0.15) is 0 Å². The van der Waals surface area contributed by atoms with Gasteiger partial charge < -0.3 is 19.5 Å². The van der Waals surface area contributed by atoms with Gasteiger partial charge in [0.25, 0.3) is 11.1 Å². The quantitative estimate of drug-likeness (QED) is 0.561. The van der Waals surface area contributed by atoms with E-state index in [-0.39, 0.29) is 35.6 Å². The van der Waals surface area contributed by atoms with E-state index in [1.807, 2.05) is 31.2 Å². The fraction of sp³-hybridized carbons (Fsp3) is 0.292. The first-order chi connectivity index (χ1) is 15.9. The fourth-order valence-electron chi connectivity index (χ4n) is 3.38. The molecule has 1 fully saturated rings. The standard InChI is InChI=1S/C24H26N2O6S/c1-15-7-5-6-8-17(15)14-21(27)25-9-10-26-23(28)20(33-24(26)29)13-16-11-18(30-2)22(32-4)19(12-16)31-3/h5-8,11-13H,9-10,14H2,1-4H3,(H,25,27)/b20-13+. The Morgan fingerprint density at radius 2 is 1.73 bits per heavy atom. The van der Waals surface area contributed by atoms with Crippen molar-refractivity contribution in [2.75, 3.05) is 34.4 Å². The highest BCUT2D eigenvalue weighted by atomic mass is 32.2. The number of aryl methyl sites for hydroxylation is 1. The van der Waals surface area contributed by atoms with Gasteiger partial charge in [0, 0.05) is 13.1 Å². The summed E-state index contributed by atoms with van der Waals surface area (Å²) in [6.07, 6.45) is 1.85. The van der Waals surface area contributed by atoms with Crippen LogP contribution >= 0.6 is 11.8 Å². The molecule has 9 heteroatoms. The summed E-state index contributed by atoms with van der Waals surface area (Å²) in [6.45, 7) is 2.22. The molecule has 0 aromatic heterocycles. The molecule has 1 saturated heterocycles. The lowest BCUT2D eigenvalue weighted by Gasteiger charge is -2.14. The Morgan fingerprint density at radius 1 is 1.06 bits per heavy atom. The van der Waals surface area contributed by atoms with Crippen LogP contribution in [0.2, 0.25) is 0 Å². The van der Waals surface area contributed by atoms with E-state index in [0.717, 1.165) is 27.8 Å². The summed E-state index contributed by atoms with van der Waals surface area (Å²) in [5, 5.41) is 2.39. The lowest BCUT2D eigenvalue weighted by atomic mass is 10.1. The van der Waals surface area contributed by atoms with Crippen LogP contribution < -0.4 is 19.5 Å². The van der Waals surface area contributed by atoms with E-state index in [1.54, 1.807) is 18.2 Å². The normalized spacial score (nSPS) is 14.5. The first kappa shape index (κ1) is 24.2. The van der Waals surface area contributed by atoms with Gasteiger partial charge in [-0.2, -0.15) is 0 Å². The van der Waals surface area contributed by atoms with Gasteiger partial charge in [-0.15, -0.1) is 0 Å². The molecule has 1 heterocycles. The molecule has 0 radical (unpaired) electrons. The number of methoxy groups -OCH3 is 3. The van der Waals surface area contributed by atoms with Crippen LogP contribution in [-0.2, 0) is 16.0 Å². The molecule has 3 amide bonds. The minimum absolute atomic E-state index is 0.0940. The third-order valence-electron chi connectivity index (χ3n) is 5.13. The SMILES string of the molecule is COc1cc(/C=C2/SC(=O)N(CCNC(=O)Cc3ccccc3C)C2=O)cc(OC)c1OC. The third-order valence-corrected chi connectivity index (χ3v) is 6.04. The van der Waals surface area contributed by atoms with Crippen molar-refractivity contribution in [3.63, 3.8) is 0 Å². The molecule has 33 heavy (non-hydrogen) atoms.